The van der Waals surface area contributed by atoms with E-state index < -0.39 is 0 Å². The zero-order valence-electron chi connectivity index (χ0n) is 10.1. The molecule has 0 atom stereocenters. The largest absolute Gasteiger partial charge is 0.304 e. The van der Waals surface area contributed by atoms with Gasteiger partial charge in [-0.2, -0.15) is 0 Å². The molecule has 0 bridgehead atoms. The first-order valence-corrected chi connectivity index (χ1v) is 6.00. The highest BCUT2D eigenvalue weighted by Crippen LogP contribution is 2.08. The molecular weight excluding hydrogens is 214 g/mol. The number of hydrogen-bond acceptors (Lipinski definition) is 4. The van der Waals surface area contributed by atoms with Gasteiger partial charge < -0.3 is 9.30 Å². The summed E-state index contributed by atoms with van der Waals surface area (Å²) in [5, 5.41) is 0. The summed E-state index contributed by atoms with van der Waals surface area (Å²) in [6.07, 6.45) is 7.62. The molecule has 5 nitrogen and oxygen atoms in total. The van der Waals surface area contributed by atoms with Crippen LogP contribution in [0.3, 0.4) is 0 Å². The van der Waals surface area contributed by atoms with Crippen molar-refractivity contribution in [3.05, 3.63) is 30.5 Å². The Morgan fingerprint density at radius 1 is 1.24 bits per heavy atom. The molecular formula is C12H17N5. The van der Waals surface area contributed by atoms with E-state index in [1.807, 2.05) is 10.6 Å². The van der Waals surface area contributed by atoms with E-state index in [9.17, 15) is 0 Å². The van der Waals surface area contributed by atoms with Crippen molar-refractivity contribution in [1.29, 1.82) is 0 Å². The normalized spacial score (nSPS) is 18.9. The van der Waals surface area contributed by atoms with Gasteiger partial charge in [-0.1, -0.05) is 0 Å². The minimum atomic E-state index is 0.927. The van der Waals surface area contributed by atoms with Gasteiger partial charge >= 0.3 is 0 Å². The molecule has 3 rings (SSSR count). The average molecular weight is 231 g/mol. The van der Waals surface area contributed by atoms with Crippen LogP contribution in [-0.4, -0.2) is 57.4 Å². The first-order valence-electron chi connectivity index (χ1n) is 6.00. The molecule has 0 spiro atoms. The summed E-state index contributed by atoms with van der Waals surface area (Å²) in [7, 11) is 2.17. The van der Waals surface area contributed by atoms with Crippen molar-refractivity contribution >= 4 is 5.65 Å². The molecule has 1 aliphatic heterocycles. The fourth-order valence-corrected chi connectivity index (χ4v) is 2.21. The van der Waals surface area contributed by atoms with Gasteiger partial charge in [-0.3, -0.25) is 9.88 Å². The van der Waals surface area contributed by atoms with E-state index in [0.717, 1.165) is 44.1 Å². The summed E-state index contributed by atoms with van der Waals surface area (Å²) in [5.41, 5.74) is 2.05. The predicted molar refractivity (Wildman–Crippen MR) is 65.8 cm³/mol. The molecule has 2 aromatic rings. The Morgan fingerprint density at radius 2 is 2.06 bits per heavy atom. The predicted octanol–water partition coefficient (Wildman–Crippen LogP) is 0.477. The molecule has 90 valence electrons. The highest BCUT2D eigenvalue weighted by Gasteiger charge is 2.14. The van der Waals surface area contributed by atoms with Crippen molar-refractivity contribution in [2.24, 2.45) is 0 Å². The van der Waals surface area contributed by atoms with Gasteiger partial charge in [0.2, 0.25) is 0 Å². The summed E-state index contributed by atoms with van der Waals surface area (Å²) in [4.78, 5) is 13.5. The lowest BCUT2D eigenvalue weighted by Crippen LogP contribution is -2.43. The van der Waals surface area contributed by atoms with Crippen LogP contribution in [0.4, 0.5) is 0 Å². The average Bonchev–Trinajstić information content (AvgIpc) is 2.74. The Hall–Kier alpha value is -1.46. The smallest absolute Gasteiger partial charge is 0.155 e. The molecule has 0 amide bonds. The summed E-state index contributed by atoms with van der Waals surface area (Å²) >= 11 is 0. The summed E-state index contributed by atoms with van der Waals surface area (Å²) in [6.45, 7) is 5.49. The number of hydrogen-bond donors (Lipinski definition) is 0. The SMILES string of the molecule is CN1CCN(Cc2cn3ccncc3n2)CC1. The van der Waals surface area contributed by atoms with E-state index in [4.69, 9.17) is 0 Å². The third-order valence-electron chi connectivity index (χ3n) is 3.30. The minimum absolute atomic E-state index is 0.927. The van der Waals surface area contributed by atoms with E-state index in [0.29, 0.717) is 0 Å². The number of rotatable bonds is 2. The molecule has 3 heterocycles. The number of likely N-dealkylation sites (N-methyl/N-ethyl adjacent to an activating group) is 1. The number of fused-ring (bicyclic) bond motifs is 1. The Labute approximate surface area is 101 Å². The summed E-state index contributed by atoms with van der Waals surface area (Å²) in [5.74, 6) is 0. The molecule has 1 aliphatic rings. The van der Waals surface area contributed by atoms with Gasteiger partial charge in [0.25, 0.3) is 0 Å². The lowest BCUT2D eigenvalue weighted by atomic mass is 10.3. The molecule has 17 heavy (non-hydrogen) atoms. The maximum Gasteiger partial charge on any atom is 0.155 e. The van der Waals surface area contributed by atoms with Crippen molar-refractivity contribution in [3.63, 3.8) is 0 Å². The topological polar surface area (TPSA) is 36.7 Å². The molecule has 1 fully saturated rings. The molecule has 1 saturated heterocycles. The van der Waals surface area contributed by atoms with Crippen LogP contribution in [-0.2, 0) is 6.54 Å². The Balaban J connectivity index is 1.72. The van der Waals surface area contributed by atoms with E-state index in [1.165, 1.54) is 0 Å². The van der Waals surface area contributed by atoms with Crippen molar-refractivity contribution in [2.75, 3.05) is 33.2 Å². The standard InChI is InChI=1S/C12H17N5/c1-15-4-6-16(7-5-15)9-11-10-17-3-2-13-8-12(17)14-11/h2-3,8,10H,4-7,9H2,1H3. The maximum absolute atomic E-state index is 4.57. The molecule has 0 saturated carbocycles. The van der Waals surface area contributed by atoms with Gasteiger partial charge in [0.05, 0.1) is 11.9 Å². The van der Waals surface area contributed by atoms with Gasteiger partial charge in [0, 0.05) is 51.3 Å². The van der Waals surface area contributed by atoms with Crippen LogP contribution in [0, 0.1) is 0 Å². The van der Waals surface area contributed by atoms with Gasteiger partial charge in [-0.25, -0.2) is 4.98 Å². The lowest BCUT2D eigenvalue weighted by molar-refractivity contribution is 0.147. The molecule has 0 aliphatic carbocycles. The summed E-state index contributed by atoms with van der Waals surface area (Å²) < 4.78 is 2.03. The van der Waals surface area contributed by atoms with Crippen LogP contribution in [0.1, 0.15) is 5.69 Å². The fraction of sp³-hybridized carbons (Fsp3) is 0.500. The second-order valence-electron chi connectivity index (χ2n) is 4.65. The van der Waals surface area contributed by atoms with Gasteiger partial charge in [-0.15, -0.1) is 0 Å². The van der Waals surface area contributed by atoms with E-state index in [2.05, 4.69) is 33.0 Å². The van der Waals surface area contributed by atoms with Gasteiger partial charge in [0.15, 0.2) is 5.65 Å². The molecule has 0 N–H and O–H groups in total. The third kappa shape index (κ3) is 2.30. The van der Waals surface area contributed by atoms with Crippen molar-refractivity contribution in [3.8, 4) is 0 Å². The Kier molecular flexibility index (Phi) is 2.78. The molecule has 2 aromatic heterocycles. The van der Waals surface area contributed by atoms with Crippen molar-refractivity contribution in [1.82, 2.24) is 24.2 Å². The van der Waals surface area contributed by atoms with Crippen LogP contribution in [0.15, 0.2) is 24.8 Å². The molecule has 0 unspecified atom stereocenters. The maximum atomic E-state index is 4.57. The zero-order chi connectivity index (χ0) is 11.7. The molecule has 0 radical (unpaired) electrons. The third-order valence-corrected chi connectivity index (χ3v) is 3.30. The number of aromatic nitrogens is 3. The Morgan fingerprint density at radius 3 is 2.82 bits per heavy atom. The minimum Gasteiger partial charge on any atom is -0.304 e. The second-order valence-corrected chi connectivity index (χ2v) is 4.65. The molecule has 0 aromatic carbocycles. The van der Waals surface area contributed by atoms with Gasteiger partial charge in [-0.05, 0) is 7.05 Å². The van der Waals surface area contributed by atoms with Crippen LogP contribution in [0.5, 0.6) is 0 Å². The molecule has 5 heteroatoms. The monoisotopic (exact) mass is 231 g/mol. The second kappa shape index (κ2) is 4.43. The number of imidazole rings is 1. The van der Waals surface area contributed by atoms with E-state index >= 15 is 0 Å². The van der Waals surface area contributed by atoms with Crippen LogP contribution >= 0.6 is 0 Å². The zero-order valence-corrected chi connectivity index (χ0v) is 10.1. The number of piperazine rings is 1. The van der Waals surface area contributed by atoms with E-state index in [-0.39, 0.29) is 0 Å². The summed E-state index contributed by atoms with van der Waals surface area (Å²) in [6, 6.07) is 0. The first-order chi connectivity index (χ1) is 8.31. The highest BCUT2D eigenvalue weighted by molar-refractivity contribution is 5.36. The van der Waals surface area contributed by atoms with Crippen molar-refractivity contribution < 1.29 is 0 Å². The quantitative estimate of drug-likeness (QED) is 0.753. The van der Waals surface area contributed by atoms with Crippen LogP contribution in [0.25, 0.3) is 5.65 Å². The van der Waals surface area contributed by atoms with Gasteiger partial charge in [0.1, 0.15) is 0 Å². The van der Waals surface area contributed by atoms with Crippen LogP contribution in [0.2, 0.25) is 0 Å². The van der Waals surface area contributed by atoms with Crippen LogP contribution < -0.4 is 0 Å². The van der Waals surface area contributed by atoms with Crippen molar-refractivity contribution in [2.45, 2.75) is 6.54 Å². The first kappa shape index (κ1) is 10.7. The fourth-order valence-electron chi connectivity index (χ4n) is 2.21. The van der Waals surface area contributed by atoms with E-state index in [1.54, 1.807) is 12.4 Å². The lowest BCUT2D eigenvalue weighted by Gasteiger charge is -2.31. The highest BCUT2D eigenvalue weighted by atomic mass is 15.2. The number of nitrogens with zero attached hydrogens (tertiary/aromatic N) is 5. The Bertz CT molecular complexity index is 465.